The number of carbonyl (C=O) groups excluding carboxylic acids is 2. The quantitative estimate of drug-likeness (QED) is 0.815. The van der Waals surface area contributed by atoms with Gasteiger partial charge in [0.05, 0.1) is 9.90 Å². The molecule has 3 nitrogen and oxygen atoms in total. The predicted molar refractivity (Wildman–Crippen MR) is 72.9 cm³/mol. The Kier molecular flexibility index (Phi) is 4.24. The first-order valence-electron chi connectivity index (χ1n) is 5.25. The van der Waals surface area contributed by atoms with Gasteiger partial charge in [-0.15, -0.1) is 11.3 Å². The van der Waals surface area contributed by atoms with Crippen LogP contribution in [0.5, 0.6) is 0 Å². The SMILES string of the molecule is O=C([O-])Cc1ccc(C(=O)c2ccc(Cl)cc2Cl)s1. The minimum atomic E-state index is -1.18. The average molecular weight is 314 g/mol. The van der Waals surface area contributed by atoms with Crippen LogP contribution in [-0.4, -0.2) is 11.8 Å². The minimum Gasteiger partial charge on any atom is -0.550 e. The molecule has 6 heteroatoms. The summed E-state index contributed by atoms with van der Waals surface area (Å²) in [6.45, 7) is 0. The van der Waals surface area contributed by atoms with Crippen LogP contribution in [-0.2, 0) is 11.2 Å². The van der Waals surface area contributed by atoms with Gasteiger partial charge >= 0.3 is 0 Å². The van der Waals surface area contributed by atoms with E-state index >= 15 is 0 Å². The molecule has 1 aromatic carbocycles. The van der Waals surface area contributed by atoms with Crippen molar-refractivity contribution in [2.45, 2.75) is 6.42 Å². The molecule has 0 aliphatic carbocycles. The molecule has 0 aliphatic heterocycles. The smallest absolute Gasteiger partial charge is 0.204 e. The lowest BCUT2D eigenvalue weighted by molar-refractivity contribution is -0.304. The molecule has 0 unspecified atom stereocenters. The highest BCUT2D eigenvalue weighted by Crippen LogP contribution is 2.26. The summed E-state index contributed by atoms with van der Waals surface area (Å²) in [5.41, 5.74) is 0.341. The van der Waals surface area contributed by atoms with E-state index < -0.39 is 5.97 Å². The van der Waals surface area contributed by atoms with E-state index in [0.717, 1.165) is 11.3 Å². The number of thiophene rings is 1. The van der Waals surface area contributed by atoms with E-state index in [9.17, 15) is 14.7 Å². The van der Waals surface area contributed by atoms with Crippen molar-refractivity contribution in [2.24, 2.45) is 0 Å². The first kappa shape index (κ1) is 14.1. The average Bonchev–Trinajstić information content (AvgIpc) is 2.75. The van der Waals surface area contributed by atoms with Gasteiger partial charge in [-0.3, -0.25) is 4.79 Å². The molecule has 2 rings (SSSR count). The van der Waals surface area contributed by atoms with E-state index in [0.29, 0.717) is 20.3 Å². The molecule has 0 spiro atoms. The summed E-state index contributed by atoms with van der Waals surface area (Å²) in [4.78, 5) is 23.7. The van der Waals surface area contributed by atoms with Gasteiger partial charge in [-0.1, -0.05) is 23.2 Å². The molecule has 0 bridgehead atoms. The van der Waals surface area contributed by atoms with E-state index in [1.165, 1.54) is 6.07 Å². The summed E-state index contributed by atoms with van der Waals surface area (Å²) < 4.78 is 0. The van der Waals surface area contributed by atoms with E-state index in [1.807, 2.05) is 0 Å². The van der Waals surface area contributed by atoms with Gasteiger partial charge in [0.15, 0.2) is 0 Å². The number of benzene rings is 1. The molecule has 0 fully saturated rings. The van der Waals surface area contributed by atoms with Gasteiger partial charge < -0.3 is 9.90 Å². The number of carboxylic acids is 1. The van der Waals surface area contributed by atoms with Crippen LogP contribution in [0, 0.1) is 0 Å². The fourth-order valence-corrected chi connectivity index (χ4v) is 2.99. The zero-order valence-corrected chi connectivity index (χ0v) is 11.8. The molecule has 0 aliphatic rings. The van der Waals surface area contributed by atoms with Crippen LogP contribution < -0.4 is 5.11 Å². The molecule has 1 aromatic heterocycles. The summed E-state index contributed by atoms with van der Waals surface area (Å²) in [5, 5.41) is 11.2. The van der Waals surface area contributed by atoms with Crippen LogP contribution in [0.15, 0.2) is 30.3 Å². The van der Waals surface area contributed by atoms with Crippen molar-refractivity contribution in [3.63, 3.8) is 0 Å². The number of halogens is 2. The van der Waals surface area contributed by atoms with Crippen molar-refractivity contribution in [1.82, 2.24) is 0 Å². The number of ketones is 1. The maximum Gasteiger partial charge on any atom is 0.204 e. The summed E-state index contributed by atoms with van der Waals surface area (Å²) in [6.07, 6.45) is -0.202. The molecule has 0 saturated heterocycles. The minimum absolute atomic E-state index is 0.202. The van der Waals surface area contributed by atoms with Crippen LogP contribution in [0.3, 0.4) is 0 Å². The summed E-state index contributed by atoms with van der Waals surface area (Å²) in [6, 6.07) is 7.79. The fourth-order valence-electron chi connectivity index (χ4n) is 1.54. The van der Waals surface area contributed by atoms with Gasteiger partial charge in [-0.05, 0) is 30.3 Å². The molecule has 0 radical (unpaired) electrons. The molecular formula is C13H7Cl2O3S-. The number of carboxylic acid groups (broad SMARTS) is 1. The highest BCUT2D eigenvalue weighted by atomic mass is 35.5. The van der Waals surface area contributed by atoms with Crippen LogP contribution in [0.1, 0.15) is 20.1 Å². The lowest BCUT2D eigenvalue weighted by Gasteiger charge is -2.02. The standard InChI is InChI=1S/C13H8Cl2O3S/c14-7-1-3-9(10(15)5-7)13(18)11-4-2-8(19-11)6-12(16)17/h1-5H,6H2,(H,16,17)/p-1. The Morgan fingerprint density at radius 2 is 1.89 bits per heavy atom. The normalized spacial score (nSPS) is 10.4. The van der Waals surface area contributed by atoms with Crippen LogP contribution in [0.2, 0.25) is 10.0 Å². The Morgan fingerprint density at radius 3 is 2.53 bits per heavy atom. The molecular weight excluding hydrogens is 307 g/mol. The van der Waals surface area contributed by atoms with Crippen molar-refractivity contribution in [1.29, 1.82) is 0 Å². The molecule has 1 heterocycles. The predicted octanol–water partition coefficient (Wildman–Crippen LogP) is 2.58. The van der Waals surface area contributed by atoms with Gasteiger partial charge in [0, 0.05) is 27.9 Å². The number of rotatable bonds is 4. The van der Waals surface area contributed by atoms with Gasteiger partial charge in [0.2, 0.25) is 5.78 Å². The highest BCUT2D eigenvalue weighted by molar-refractivity contribution is 7.14. The van der Waals surface area contributed by atoms with E-state index in [4.69, 9.17) is 23.2 Å². The zero-order valence-electron chi connectivity index (χ0n) is 9.48. The van der Waals surface area contributed by atoms with Crippen molar-refractivity contribution < 1.29 is 14.7 Å². The molecule has 0 atom stereocenters. The lowest BCUT2D eigenvalue weighted by atomic mass is 10.1. The summed E-state index contributed by atoms with van der Waals surface area (Å²) in [5.74, 6) is -1.43. The van der Waals surface area contributed by atoms with Crippen LogP contribution >= 0.6 is 34.5 Å². The monoisotopic (exact) mass is 313 g/mol. The van der Waals surface area contributed by atoms with Crippen molar-refractivity contribution in [3.05, 3.63) is 55.7 Å². The number of aliphatic carboxylic acids is 1. The molecule has 0 saturated carbocycles. The fraction of sp³-hybridized carbons (Fsp3) is 0.0769. The topological polar surface area (TPSA) is 57.2 Å². The zero-order chi connectivity index (χ0) is 14.0. The first-order chi connectivity index (χ1) is 8.97. The highest BCUT2D eigenvalue weighted by Gasteiger charge is 2.15. The molecule has 98 valence electrons. The Hall–Kier alpha value is -1.36. The number of hydrogen-bond acceptors (Lipinski definition) is 4. The Bertz CT molecular complexity index is 649. The van der Waals surface area contributed by atoms with E-state index in [1.54, 1.807) is 24.3 Å². The van der Waals surface area contributed by atoms with Crippen LogP contribution in [0.25, 0.3) is 0 Å². The Labute approximate surface area is 123 Å². The largest absolute Gasteiger partial charge is 0.550 e. The summed E-state index contributed by atoms with van der Waals surface area (Å²) >= 11 is 12.8. The Balaban J connectivity index is 2.28. The van der Waals surface area contributed by atoms with Crippen molar-refractivity contribution >= 4 is 46.3 Å². The molecule has 0 N–H and O–H groups in total. The lowest BCUT2D eigenvalue weighted by Crippen LogP contribution is -2.23. The third-order valence-electron chi connectivity index (χ3n) is 2.38. The second-order valence-electron chi connectivity index (χ2n) is 3.77. The number of hydrogen-bond donors (Lipinski definition) is 0. The van der Waals surface area contributed by atoms with Gasteiger partial charge in [-0.25, -0.2) is 0 Å². The van der Waals surface area contributed by atoms with Gasteiger partial charge in [0.25, 0.3) is 0 Å². The molecule has 0 amide bonds. The molecule has 19 heavy (non-hydrogen) atoms. The third kappa shape index (κ3) is 3.35. The van der Waals surface area contributed by atoms with E-state index in [2.05, 4.69) is 0 Å². The van der Waals surface area contributed by atoms with Crippen LogP contribution in [0.4, 0.5) is 0 Å². The molecule has 2 aromatic rings. The Morgan fingerprint density at radius 1 is 1.16 bits per heavy atom. The van der Waals surface area contributed by atoms with Gasteiger partial charge in [0.1, 0.15) is 0 Å². The second-order valence-corrected chi connectivity index (χ2v) is 5.78. The maximum atomic E-state index is 12.2. The third-order valence-corrected chi connectivity index (χ3v) is 4.01. The van der Waals surface area contributed by atoms with Gasteiger partial charge in [-0.2, -0.15) is 0 Å². The van der Waals surface area contributed by atoms with Crippen molar-refractivity contribution in [3.8, 4) is 0 Å². The maximum absolute atomic E-state index is 12.2. The first-order valence-corrected chi connectivity index (χ1v) is 6.83. The summed E-state index contributed by atoms with van der Waals surface area (Å²) in [7, 11) is 0. The number of carbonyl (C=O) groups is 2. The second kappa shape index (κ2) is 5.74. The van der Waals surface area contributed by atoms with E-state index in [-0.39, 0.29) is 17.2 Å². The van der Waals surface area contributed by atoms with Crippen molar-refractivity contribution in [2.75, 3.05) is 0 Å².